The van der Waals surface area contributed by atoms with E-state index in [2.05, 4.69) is 68.0 Å². The molecule has 1 aromatic heterocycles. The smallest absolute Gasteiger partial charge is 0.158 e. The van der Waals surface area contributed by atoms with Crippen molar-refractivity contribution in [2.45, 2.75) is 44.9 Å². The molecule has 0 spiro atoms. The van der Waals surface area contributed by atoms with Crippen molar-refractivity contribution in [3.63, 3.8) is 0 Å². The van der Waals surface area contributed by atoms with E-state index in [4.69, 9.17) is 10.00 Å². The Morgan fingerprint density at radius 1 is 1.16 bits per heavy atom. The Morgan fingerprint density at radius 3 is 2.75 bits per heavy atom. The van der Waals surface area contributed by atoms with Gasteiger partial charge in [0.05, 0.1) is 31.7 Å². The third-order valence-corrected chi connectivity index (χ3v) is 6.21. The summed E-state index contributed by atoms with van der Waals surface area (Å²) in [4.78, 5) is 13.3. The topological polar surface area (TPSA) is 101 Å². The predicted molar refractivity (Wildman–Crippen MR) is 124 cm³/mol. The van der Waals surface area contributed by atoms with Gasteiger partial charge in [-0.05, 0) is 26.3 Å². The molecule has 2 saturated heterocycles. The van der Waals surface area contributed by atoms with Crippen molar-refractivity contribution in [2.24, 2.45) is 0 Å². The third-order valence-electron chi connectivity index (χ3n) is 6.21. The van der Waals surface area contributed by atoms with Gasteiger partial charge in [-0.1, -0.05) is 6.07 Å². The monoisotopic (exact) mass is 436 g/mol. The van der Waals surface area contributed by atoms with E-state index in [9.17, 15) is 0 Å². The van der Waals surface area contributed by atoms with Crippen molar-refractivity contribution >= 4 is 11.5 Å². The summed E-state index contributed by atoms with van der Waals surface area (Å²) in [5.74, 6) is 1.52. The van der Waals surface area contributed by atoms with Crippen LogP contribution in [0.4, 0.5) is 11.5 Å². The number of nitriles is 1. The van der Waals surface area contributed by atoms with Crippen LogP contribution in [-0.2, 0) is 0 Å². The number of hydrogen-bond acceptors (Lipinski definition) is 9. The summed E-state index contributed by atoms with van der Waals surface area (Å²) < 4.78 is 5.78. The number of hydrogen-bond donors (Lipinski definition) is 3. The Bertz CT molecular complexity index is 942. The van der Waals surface area contributed by atoms with Gasteiger partial charge in [0.1, 0.15) is 17.6 Å². The molecule has 3 N–H and O–H groups in total. The number of methoxy groups -OCH3 is 1. The molecule has 3 heterocycles. The molecule has 2 aliphatic heterocycles. The highest BCUT2D eigenvalue weighted by molar-refractivity contribution is 5.55. The summed E-state index contributed by atoms with van der Waals surface area (Å²) in [7, 11) is 1.73. The van der Waals surface area contributed by atoms with Gasteiger partial charge in [-0.2, -0.15) is 5.26 Å². The van der Waals surface area contributed by atoms with Crippen LogP contribution in [0.1, 0.15) is 44.0 Å². The molecule has 0 bridgehead atoms. The molecule has 2 unspecified atom stereocenters. The molecule has 4 rings (SSSR count). The standard InChI is InChI=1S/C23H32N8O/c1-16(2)30-7-4-8-31(10-9-30)18-5-6-19(21(11-18)32-3)20-12-22(29-28-20)27-23-15-25-17(13-24)14-26-23/h5-6,11,14-16,20,22,28-29H,4,7-10,12H2,1-3H3,(H,26,27). The van der Waals surface area contributed by atoms with Crippen molar-refractivity contribution in [1.82, 2.24) is 25.7 Å². The van der Waals surface area contributed by atoms with Crippen LogP contribution >= 0.6 is 0 Å². The summed E-state index contributed by atoms with van der Waals surface area (Å²) in [5, 5.41) is 12.2. The summed E-state index contributed by atoms with van der Waals surface area (Å²) in [6.07, 6.45) is 5.00. The highest BCUT2D eigenvalue weighted by Crippen LogP contribution is 2.34. The number of benzene rings is 1. The van der Waals surface area contributed by atoms with Gasteiger partial charge in [-0.3, -0.25) is 4.90 Å². The first-order chi connectivity index (χ1) is 15.6. The number of hydrazine groups is 1. The van der Waals surface area contributed by atoms with Gasteiger partial charge in [0.25, 0.3) is 0 Å². The van der Waals surface area contributed by atoms with Gasteiger partial charge < -0.3 is 15.0 Å². The molecule has 170 valence electrons. The summed E-state index contributed by atoms with van der Waals surface area (Å²) in [6, 6.07) is 9.20. The lowest BCUT2D eigenvalue weighted by Gasteiger charge is -2.26. The van der Waals surface area contributed by atoms with Crippen LogP contribution in [0.5, 0.6) is 5.75 Å². The van der Waals surface area contributed by atoms with Gasteiger partial charge in [0, 0.05) is 56.0 Å². The molecule has 0 aliphatic carbocycles. The van der Waals surface area contributed by atoms with E-state index in [0.29, 0.717) is 17.6 Å². The third kappa shape index (κ3) is 5.10. The number of ether oxygens (including phenoxy) is 1. The lowest BCUT2D eigenvalue weighted by Crippen LogP contribution is -2.36. The molecule has 0 radical (unpaired) electrons. The second kappa shape index (κ2) is 10.1. The SMILES string of the molecule is COc1cc(N2CCCN(C(C)C)CC2)ccc1C1CC(Nc2cnc(C#N)cn2)NN1. The van der Waals surface area contributed by atoms with Gasteiger partial charge in [-0.25, -0.2) is 20.8 Å². The summed E-state index contributed by atoms with van der Waals surface area (Å²) in [5.41, 5.74) is 9.26. The molecule has 32 heavy (non-hydrogen) atoms. The van der Waals surface area contributed by atoms with Crippen molar-refractivity contribution in [3.05, 3.63) is 41.9 Å². The number of nitrogens with one attached hydrogen (secondary N) is 3. The summed E-state index contributed by atoms with van der Waals surface area (Å²) in [6.45, 7) is 8.87. The van der Waals surface area contributed by atoms with E-state index >= 15 is 0 Å². The molecule has 0 amide bonds. The predicted octanol–water partition coefficient (Wildman–Crippen LogP) is 2.25. The van der Waals surface area contributed by atoms with Crippen molar-refractivity contribution in [1.29, 1.82) is 5.26 Å². The molecule has 2 aromatic rings. The average molecular weight is 437 g/mol. The number of anilines is 2. The molecular weight excluding hydrogens is 404 g/mol. The maximum Gasteiger partial charge on any atom is 0.158 e. The van der Waals surface area contributed by atoms with Gasteiger partial charge in [0.15, 0.2) is 5.69 Å². The van der Waals surface area contributed by atoms with Crippen LogP contribution in [0.3, 0.4) is 0 Å². The number of aromatic nitrogens is 2. The van der Waals surface area contributed by atoms with E-state index in [1.807, 2.05) is 6.07 Å². The second-order valence-electron chi connectivity index (χ2n) is 8.57. The minimum atomic E-state index is -0.0146. The molecule has 0 saturated carbocycles. The largest absolute Gasteiger partial charge is 0.496 e. The van der Waals surface area contributed by atoms with Crippen LogP contribution in [0, 0.1) is 11.3 Å². The van der Waals surface area contributed by atoms with Gasteiger partial charge >= 0.3 is 0 Å². The fourth-order valence-electron chi connectivity index (χ4n) is 4.39. The molecule has 1 aromatic carbocycles. The number of nitrogens with zero attached hydrogens (tertiary/aromatic N) is 5. The molecule has 9 heteroatoms. The zero-order chi connectivity index (χ0) is 22.5. The van der Waals surface area contributed by atoms with E-state index in [-0.39, 0.29) is 12.2 Å². The minimum Gasteiger partial charge on any atom is -0.496 e. The maximum atomic E-state index is 8.86. The number of rotatable bonds is 6. The van der Waals surface area contributed by atoms with Crippen molar-refractivity contribution in [3.8, 4) is 11.8 Å². The molecule has 2 atom stereocenters. The first-order valence-corrected chi connectivity index (χ1v) is 11.2. The Balaban J connectivity index is 1.41. The van der Waals surface area contributed by atoms with Gasteiger partial charge in [-0.15, -0.1) is 0 Å². The lowest BCUT2D eigenvalue weighted by molar-refractivity contribution is 0.238. The molecule has 2 aliphatic rings. The molecular formula is C23H32N8O. The van der Waals surface area contributed by atoms with Gasteiger partial charge in [0.2, 0.25) is 0 Å². The zero-order valence-corrected chi connectivity index (χ0v) is 19.0. The highest BCUT2D eigenvalue weighted by atomic mass is 16.5. The first kappa shape index (κ1) is 22.3. The fourth-order valence-corrected chi connectivity index (χ4v) is 4.39. The van der Waals surface area contributed by atoms with E-state index < -0.39 is 0 Å². The maximum absolute atomic E-state index is 8.86. The van der Waals surface area contributed by atoms with Crippen molar-refractivity contribution in [2.75, 3.05) is 43.5 Å². The minimum absolute atomic E-state index is 0.0146. The normalized spacial score (nSPS) is 21.9. The first-order valence-electron chi connectivity index (χ1n) is 11.2. The van der Waals surface area contributed by atoms with Crippen LogP contribution in [0.2, 0.25) is 0 Å². The quantitative estimate of drug-likeness (QED) is 0.629. The van der Waals surface area contributed by atoms with Crippen LogP contribution in [0.15, 0.2) is 30.6 Å². The summed E-state index contributed by atoms with van der Waals surface area (Å²) >= 11 is 0. The second-order valence-corrected chi connectivity index (χ2v) is 8.57. The van der Waals surface area contributed by atoms with Crippen LogP contribution in [-0.4, -0.2) is 60.4 Å². The van der Waals surface area contributed by atoms with E-state index in [0.717, 1.165) is 43.9 Å². The average Bonchev–Trinajstić information content (AvgIpc) is 3.12. The van der Waals surface area contributed by atoms with Crippen molar-refractivity contribution < 1.29 is 4.74 Å². The van der Waals surface area contributed by atoms with E-state index in [1.165, 1.54) is 18.3 Å². The molecule has 9 nitrogen and oxygen atoms in total. The lowest BCUT2D eigenvalue weighted by atomic mass is 10.0. The zero-order valence-electron chi connectivity index (χ0n) is 19.0. The Kier molecular flexibility index (Phi) is 7.05. The highest BCUT2D eigenvalue weighted by Gasteiger charge is 2.28. The van der Waals surface area contributed by atoms with E-state index in [1.54, 1.807) is 13.3 Å². The Hall–Kier alpha value is -2.93. The van der Waals surface area contributed by atoms with Crippen LogP contribution in [0.25, 0.3) is 0 Å². The Labute approximate surface area is 189 Å². The fraction of sp³-hybridized carbons (Fsp3) is 0.522. The Morgan fingerprint density at radius 2 is 2.03 bits per heavy atom. The van der Waals surface area contributed by atoms with Crippen LogP contribution < -0.4 is 25.8 Å². The molecule has 2 fully saturated rings.